The molecule has 35 heavy (non-hydrogen) atoms. The monoisotopic (exact) mass is 484 g/mol. The van der Waals surface area contributed by atoms with Crippen LogP contribution in [0.4, 0.5) is 15.8 Å². The summed E-state index contributed by atoms with van der Waals surface area (Å²) in [6.07, 6.45) is 3.70. The molecule has 3 heterocycles. The number of aromatic nitrogens is 2. The fourth-order valence-electron chi connectivity index (χ4n) is 3.97. The van der Waals surface area contributed by atoms with Crippen LogP contribution in [-0.2, 0) is 16.4 Å². The van der Waals surface area contributed by atoms with E-state index in [-0.39, 0.29) is 10.6 Å². The molecule has 2 aromatic heterocycles. The van der Waals surface area contributed by atoms with Gasteiger partial charge in [0.15, 0.2) is 5.58 Å². The molecule has 3 aromatic carbocycles. The Labute approximate surface area is 200 Å². The molecule has 1 aliphatic heterocycles. The summed E-state index contributed by atoms with van der Waals surface area (Å²) >= 11 is 0. The summed E-state index contributed by atoms with van der Waals surface area (Å²) in [5, 5.41) is 0. The number of nitrogens with one attached hydrogen (secondary N) is 1. The van der Waals surface area contributed by atoms with Crippen molar-refractivity contribution in [3.8, 4) is 11.1 Å². The lowest BCUT2D eigenvalue weighted by Crippen LogP contribution is -2.13. The number of halogens is 1. The second-order valence-electron chi connectivity index (χ2n) is 8.09. The van der Waals surface area contributed by atoms with Gasteiger partial charge in [-0.15, -0.1) is 0 Å². The molecule has 0 unspecified atom stereocenters. The van der Waals surface area contributed by atoms with Gasteiger partial charge in [-0.1, -0.05) is 24.3 Å². The Kier molecular flexibility index (Phi) is 4.93. The number of rotatable bonds is 5. The van der Waals surface area contributed by atoms with E-state index in [0.717, 1.165) is 34.7 Å². The van der Waals surface area contributed by atoms with E-state index >= 15 is 0 Å². The van der Waals surface area contributed by atoms with Crippen molar-refractivity contribution in [3.05, 3.63) is 102 Å². The van der Waals surface area contributed by atoms with Gasteiger partial charge < -0.3 is 4.42 Å². The van der Waals surface area contributed by atoms with Crippen molar-refractivity contribution in [1.29, 1.82) is 0 Å². The number of nitrogens with zero attached hydrogens (tertiary/aromatic N) is 3. The Morgan fingerprint density at radius 2 is 1.74 bits per heavy atom. The molecule has 0 saturated carbocycles. The van der Waals surface area contributed by atoms with Gasteiger partial charge in [-0.3, -0.25) is 9.71 Å². The summed E-state index contributed by atoms with van der Waals surface area (Å²) in [6, 6.07) is 19.8. The van der Waals surface area contributed by atoms with Crippen LogP contribution in [0.1, 0.15) is 11.5 Å². The Morgan fingerprint density at radius 1 is 0.914 bits per heavy atom. The molecule has 7 nitrogen and oxygen atoms in total. The number of para-hydroxylation sites is 1. The zero-order valence-electron chi connectivity index (χ0n) is 18.1. The molecule has 0 spiro atoms. The predicted molar refractivity (Wildman–Crippen MR) is 131 cm³/mol. The number of hydrogen-bond acceptors (Lipinski definition) is 6. The number of fused-ring (bicyclic) bond motifs is 2. The average Bonchev–Trinajstić information content (AvgIpc) is 3.48. The van der Waals surface area contributed by atoms with Crippen LogP contribution in [0.5, 0.6) is 0 Å². The van der Waals surface area contributed by atoms with Crippen LogP contribution in [0, 0.1) is 5.82 Å². The lowest BCUT2D eigenvalue weighted by molar-refractivity contribution is 0.589. The average molecular weight is 485 g/mol. The van der Waals surface area contributed by atoms with Gasteiger partial charge in [0, 0.05) is 18.2 Å². The molecule has 1 N–H and O–H groups in total. The van der Waals surface area contributed by atoms with Crippen molar-refractivity contribution < 1.29 is 17.2 Å². The van der Waals surface area contributed by atoms with Gasteiger partial charge in [0.25, 0.3) is 10.0 Å². The van der Waals surface area contributed by atoms with Gasteiger partial charge in [0.2, 0.25) is 5.89 Å². The highest BCUT2D eigenvalue weighted by Gasteiger charge is 2.20. The van der Waals surface area contributed by atoms with E-state index in [9.17, 15) is 12.8 Å². The highest BCUT2D eigenvalue weighted by molar-refractivity contribution is 7.92. The van der Waals surface area contributed by atoms with Gasteiger partial charge in [-0.2, -0.15) is 0 Å². The number of oxazole rings is 1. The van der Waals surface area contributed by atoms with Crippen LogP contribution in [0.15, 0.2) is 99.5 Å². The summed E-state index contributed by atoms with van der Waals surface area (Å²) in [5.74, 6) is -0.0320. The third-order valence-corrected chi connectivity index (χ3v) is 7.09. The molecule has 1 aliphatic rings. The first-order valence-corrected chi connectivity index (χ1v) is 12.2. The summed E-state index contributed by atoms with van der Waals surface area (Å²) in [7, 11) is -3.89. The molecular formula is C26H17FN4O3S. The van der Waals surface area contributed by atoms with Crippen LogP contribution in [-0.4, -0.2) is 24.1 Å². The molecule has 0 saturated heterocycles. The predicted octanol–water partition coefficient (Wildman–Crippen LogP) is 5.51. The van der Waals surface area contributed by atoms with Crippen molar-refractivity contribution in [2.75, 3.05) is 4.72 Å². The zero-order valence-corrected chi connectivity index (χ0v) is 19.0. The highest BCUT2D eigenvalue weighted by Crippen LogP contribution is 2.31. The van der Waals surface area contributed by atoms with E-state index in [1.54, 1.807) is 12.3 Å². The van der Waals surface area contributed by atoms with Gasteiger partial charge in [-0.05, 0) is 59.7 Å². The molecule has 0 atom stereocenters. The van der Waals surface area contributed by atoms with Gasteiger partial charge in [0.05, 0.1) is 22.5 Å². The summed E-state index contributed by atoms with van der Waals surface area (Å²) in [6.45, 7) is 0. The number of anilines is 1. The van der Waals surface area contributed by atoms with Crippen molar-refractivity contribution >= 4 is 38.2 Å². The SMILES string of the molecule is O=S(=O)(Nc1cncc(-c2ccc3nc(C4=Nc5ccccc5C4)oc3c2)c1)c1ccc(F)cc1. The minimum absolute atomic E-state index is 0.0445. The van der Waals surface area contributed by atoms with E-state index < -0.39 is 15.8 Å². The minimum Gasteiger partial charge on any atom is -0.435 e. The van der Waals surface area contributed by atoms with E-state index in [2.05, 4.69) is 19.7 Å². The number of benzene rings is 3. The molecule has 0 fully saturated rings. The molecule has 5 aromatic rings. The van der Waals surface area contributed by atoms with Gasteiger partial charge in [-0.25, -0.2) is 22.8 Å². The Morgan fingerprint density at radius 3 is 2.57 bits per heavy atom. The van der Waals surface area contributed by atoms with Crippen molar-refractivity contribution in [2.24, 2.45) is 4.99 Å². The first kappa shape index (κ1) is 21.2. The minimum atomic E-state index is -3.89. The number of pyridine rings is 1. The lowest BCUT2D eigenvalue weighted by atomic mass is 10.1. The quantitative estimate of drug-likeness (QED) is 0.355. The second-order valence-corrected chi connectivity index (χ2v) is 9.77. The molecule has 9 heteroatoms. The maximum Gasteiger partial charge on any atom is 0.261 e. The summed E-state index contributed by atoms with van der Waals surface area (Å²) < 4.78 is 47.0. The zero-order chi connectivity index (χ0) is 24.0. The third-order valence-electron chi connectivity index (χ3n) is 5.69. The van der Waals surface area contributed by atoms with E-state index in [0.29, 0.717) is 29.0 Å². The molecule has 172 valence electrons. The van der Waals surface area contributed by atoms with E-state index in [4.69, 9.17) is 4.42 Å². The van der Waals surface area contributed by atoms with Crippen molar-refractivity contribution in [1.82, 2.24) is 9.97 Å². The standard InChI is InChI=1S/C26H17FN4O3S/c27-19-6-8-21(9-7-19)35(32,33)31-20-11-18(14-28-15-20)16-5-10-23-25(13-16)34-26(30-23)24-12-17-3-1-2-4-22(17)29-24/h1-11,13-15,31H,12H2. The van der Waals surface area contributed by atoms with Crippen molar-refractivity contribution in [3.63, 3.8) is 0 Å². The van der Waals surface area contributed by atoms with Crippen molar-refractivity contribution in [2.45, 2.75) is 11.3 Å². The van der Waals surface area contributed by atoms with Crippen LogP contribution in [0.2, 0.25) is 0 Å². The summed E-state index contributed by atoms with van der Waals surface area (Å²) in [5.41, 5.74) is 5.89. The largest absolute Gasteiger partial charge is 0.435 e. The molecule has 6 rings (SSSR count). The number of sulfonamides is 1. The number of hydrogen-bond donors (Lipinski definition) is 1. The fraction of sp³-hybridized carbons (Fsp3) is 0.0385. The Bertz CT molecular complexity index is 1730. The molecule has 0 bridgehead atoms. The highest BCUT2D eigenvalue weighted by atomic mass is 32.2. The first-order chi connectivity index (χ1) is 16.9. The van der Waals surface area contributed by atoms with Crippen LogP contribution in [0.3, 0.4) is 0 Å². The molecular weight excluding hydrogens is 467 g/mol. The van der Waals surface area contributed by atoms with Crippen LogP contribution < -0.4 is 4.72 Å². The third kappa shape index (κ3) is 4.06. The maximum absolute atomic E-state index is 13.2. The molecule has 0 aliphatic carbocycles. The van der Waals surface area contributed by atoms with E-state index in [1.165, 1.54) is 18.3 Å². The van der Waals surface area contributed by atoms with Gasteiger partial charge in [0.1, 0.15) is 17.0 Å². The normalized spacial score (nSPS) is 13.0. The lowest BCUT2D eigenvalue weighted by Gasteiger charge is -2.09. The van der Waals surface area contributed by atoms with Crippen LogP contribution >= 0.6 is 0 Å². The smallest absolute Gasteiger partial charge is 0.261 e. The molecule has 0 amide bonds. The van der Waals surface area contributed by atoms with E-state index in [1.807, 2.05) is 42.5 Å². The maximum atomic E-state index is 13.2. The number of aliphatic imine (C=N–C) groups is 1. The Balaban J connectivity index is 1.28. The topological polar surface area (TPSA) is 97.5 Å². The molecule has 0 radical (unpaired) electrons. The van der Waals surface area contributed by atoms with Crippen LogP contribution in [0.25, 0.3) is 22.2 Å². The summed E-state index contributed by atoms with van der Waals surface area (Å²) in [4.78, 5) is 13.4. The first-order valence-electron chi connectivity index (χ1n) is 10.7. The second kappa shape index (κ2) is 8.14. The fourth-order valence-corrected chi connectivity index (χ4v) is 5.00. The Hall–Kier alpha value is -4.37. The van der Waals surface area contributed by atoms with Gasteiger partial charge >= 0.3 is 0 Å².